The van der Waals surface area contributed by atoms with Gasteiger partial charge in [-0.2, -0.15) is 0 Å². The van der Waals surface area contributed by atoms with Gasteiger partial charge in [0.15, 0.2) is 25.2 Å². The van der Waals surface area contributed by atoms with Gasteiger partial charge in [0, 0.05) is 0 Å². The highest BCUT2D eigenvalue weighted by molar-refractivity contribution is 4.97. The molecule has 4 aliphatic rings. The van der Waals surface area contributed by atoms with Crippen molar-refractivity contribution in [3.63, 3.8) is 0 Å². The molecule has 0 amide bonds. The second-order valence-corrected chi connectivity index (χ2v) is 11.2. The monoisotopic (exact) mass is 666 g/mol. The molecule has 20 atom stereocenters. The predicted octanol–water partition coefficient (Wildman–Crippen LogP) is -9.75. The molecule has 0 bridgehead atoms. The summed E-state index contributed by atoms with van der Waals surface area (Å²) in [5.41, 5.74) is 0. The molecule has 45 heavy (non-hydrogen) atoms. The first-order valence-electron chi connectivity index (χ1n) is 14.1. The molecular formula is C24H42O21. The maximum absolute atomic E-state index is 10.9. The first-order chi connectivity index (χ1) is 21.2. The fourth-order valence-corrected chi connectivity index (χ4v) is 5.44. The van der Waals surface area contributed by atoms with Crippen LogP contribution in [0.25, 0.3) is 0 Å². The lowest BCUT2D eigenvalue weighted by atomic mass is 9.96. The van der Waals surface area contributed by atoms with Crippen LogP contribution in [-0.4, -0.2) is 221 Å². The summed E-state index contributed by atoms with van der Waals surface area (Å²) < 4.78 is 37.8. The van der Waals surface area contributed by atoms with Crippen LogP contribution in [0.5, 0.6) is 0 Å². The molecule has 0 aromatic rings. The van der Waals surface area contributed by atoms with Gasteiger partial charge in [-0.15, -0.1) is 0 Å². The highest BCUT2D eigenvalue weighted by Crippen LogP contribution is 2.33. The Morgan fingerprint density at radius 1 is 0.378 bits per heavy atom. The second kappa shape index (κ2) is 15.6. The number of rotatable bonds is 10. The normalized spacial score (nSPS) is 52.9. The molecule has 14 N–H and O–H groups in total. The van der Waals surface area contributed by atoms with Gasteiger partial charge in [0.25, 0.3) is 0 Å². The molecule has 4 aliphatic heterocycles. The van der Waals surface area contributed by atoms with Gasteiger partial charge in [0.2, 0.25) is 0 Å². The zero-order chi connectivity index (χ0) is 33.3. The summed E-state index contributed by atoms with van der Waals surface area (Å²) in [4.78, 5) is 0. The highest BCUT2D eigenvalue weighted by Gasteiger charge is 2.54. The van der Waals surface area contributed by atoms with Crippen molar-refractivity contribution >= 4 is 0 Å². The zero-order valence-electron chi connectivity index (χ0n) is 23.5. The molecule has 4 saturated heterocycles. The zero-order valence-corrected chi connectivity index (χ0v) is 23.5. The Hall–Kier alpha value is -0.840. The number of hydrogen-bond donors (Lipinski definition) is 14. The molecule has 0 aromatic heterocycles. The highest BCUT2D eigenvalue weighted by atomic mass is 16.8. The summed E-state index contributed by atoms with van der Waals surface area (Å²) in [6, 6.07) is 0. The standard InChI is InChI=1S/C24H42O21/c25-1-5-9(28)11(30)16(35)22(41-5)39-4-8-20(13(32)15(34)21(38)40-8)45-24-18(37)14(33)19(7(3-27)43-24)44-23-17(36)12(31)10(29)6(2-26)42-23/h5-38H,1-4H2. The van der Waals surface area contributed by atoms with E-state index in [2.05, 4.69) is 0 Å². The quantitative estimate of drug-likeness (QED) is 0.103. The van der Waals surface area contributed by atoms with Crippen LogP contribution in [0.3, 0.4) is 0 Å². The largest absolute Gasteiger partial charge is 0.394 e. The molecule has 0 saturated carbocycles. The van der Waals surface area contributed by atoms with Crippen molar-refractivity contribution in [1.82, 2.24) is 0 Å². The van der Waals surface area contributed by atoms with Crippen LogP contribution in [-0.2, 0) is 33.2 Å². The summed E-state index contributed by atoms with van der Waals surface area (Å²) in [5.74, 6) is 0. The van der Waals surface area contributed by atoms with Gasteiger partial charge < -0.3 is 105 Å². The van der Waals surface area contributed by atoms with Crippen molar-refractivity contribution in [3.05, 3.63) is 0 Å². The van der Waals surface area contributed by atoms with E-state index in [1.54, 1.807) is 0 Å². The van der Waals surface area contributed by atoms with E-state index in [-0.39, 0.29) is 0 Å². The number of aliphatic hydroxyl groups is 14. The van der Waals surface area contributed by atoms with E-state index < -0.39 is 149 Å². The Morgan fingerprint density at radius 2 is 0.778 bits per heavy atom. The second-order valence-electron chi connectivity index (χ2n) is 11.2. The fourth-order valence-electron chi connectivity index (χ4n) is 5.44. The number of hydrogen-bond acceptors (Lipinski definition) is 21. The van der Waals surface area contributed by atoms with E-state index in [4.69, 9.17) is 33.2 Å². The number of aliphatic hydroxyl groups excluding tert-OH is 14. The Kier molecular flexibility index (Phi) is 12.8. The van der Waals surface area contributed by atoms with Crippen LogP contribution in [0.15, 0.2) is 0 Å². The first kappa shape index (κ1) is 37.0. The molecule has 20 unspecified atom stereocenters. The molecule has 0 aromatic carbocycles. The van der Waals surface area contributed by atoms with Crippen molar-refractivity contribution in [2.45, 2.75) is 123 Å². The van der Waals surface area contributed by atoms with Crippen LogP contribution in [0.1, 0.15) is 0 Å². The molecule has 0 aliphatic carbocycles. The minimum atomic E-state index is -2.04. The van der Waals surface area contributed by atoms with Gasteiger partial charge in [-0.3, -0.25) is 0 Å². The molecule has 4 fully saturated rings. The fraction of sp³-hybridized carbons (Fsp3) is 1.00. The number of ether oxygens (including phenoxy) is 7. The van der Waals surface area contributed by atoms with E-state index in [1.165, 1.54) is 0 Å². The third-order valence-corrected chi connectivity index (χ3v) is 8.18. The van der Waals surface area contributed by atoms with E-state index in [9.17, 15) is 71.5 Å². The minimum Gasteiger partial charge on any atom is -0.394 e. The van der Waals surface area contributed by atoms with Gasteiger partial charge in [-0.25, -0.2) is 0 Å². The van der Waals surface area contributed by atoms with Crippen molar-refractivity contribution in [2.75, 3.05) is 26.4 Å². The molecule has 264 valence electrons. The van der Waals surface area contributed by atoms with Gasteiger partial charge >= 0.3 is 0 Å². The predicted molar refractivity (Wildman–Crippen MR) is 134 cm³/mol. The van der Waals surface area contributed by atoms with E-state index in [0.717, 1.165) is 0 Å². The molecule has 21 heteroatoms. The third-order valence-electron chi connectivity index (χ3n) is 8.18. The Balaban J connectivity index is 1.45. The Morgan fingerprint density at radius 3 is 1.29 bits per heavy atom. The lowest BCUT2D eigenvalue weighted by molar-refractivity contribution is -0.380. The molecule has 0 radical (unpaired) electrons. The smallest absolute Gasteiger partial charge is 0.187 e. The van der Waals surface area contributed by atoms with E-state index >= 15 is 0 Å². The van der Waals surface area contributed by atoms with Gasteiger partial charge in [-0.1, -0.05) is 0 Å². The maximum Gasteiger partial charge on any atom is 0.187 e. The van der Waals surface area contributed by atoms with Crippen LogP contribution in [0.2, 0.25) is 0 Å². The molecule has 21 nitrogen and oxygen atoms in total. The van der Waals surface area contributed by atoms with Crippen molar-refractivity contribution in [2.24, 2.45) is 0 Å². The third kappa shape index (κ3) is 7.59. The van der Waals surface area contributed by atoms with Crippen LogP contribution < -0.4 is 0 Å². The summed E-state index contributed by atoms with van der Waals surface area (Å²) in [6.07, 6.45) is -35.2. The van der Waals surface area contributed by atoms with Crippen LogP contribution in [0, 0.1) is 0 Å². The van der Waals surface area contributed by atoms with Gasteiger partial charge in [0.05, 0.1) is 26.4 Å². The van der Waals surface area contributed by atoms with Crippen molar-refractivity contribution in [3.8, 4) is 0 Å². The average Bonchev–Trinajstić information content (AvgIpc) is 3.03. The van der Waals surface area contributed by atoms with Gasteiger partial charge in [0.1, 0.15) is 97.7 Å². The average molecular weight is 667 g/mol. The van der Waals surface area contributed by atoms with Crippen molar-refractivity contribution < 1.29 is 105 Å². The summed E-state index contributed by atoms with van der Waals surface area (Å²) in [7, 11) is 0. The van der Waals surface area contributed by atoms with E-state index in [0.29, 0.717) is 0 Å². The molecule has 4 heterocycles. The maximum atomic E-state index is 10.9. The lowest BCUT2D eigenvalue weighted by Gasteiger charge is -2.48. The summed E-state index contributed by atoms with van der Waals surface area (Å²) in [5, 5.41) is 142. The molecule has 4 rings (SSSR count). The molecule has 0 spiro atoms. The first-order valence-corrected chi connectivity index (χ1v) is 14.1. The van der Waals surface area contributed by atoms with Crippen LogP contribution >= 0.6 is 0 Å². The molecular weight excluding hydrogens is 624 g/mol. The summed E-state index contributed by atoms with van der Waals surface area (Å²) >= 11 is 0. The topological polar surface area (TPSA) is 348 Å². The van der Waals surface area contributed by atoms with Gasteiger partial charge in [-0.05, 0) is 0 Å². The summed E-state index contributed by atoms with van der Waals surface area (Å²) in [6.45, 7) is -3.15. The minimum absolute atomic E-state index is 0.703. The Labute approximate surface area is 254 Å². The Bertz CT molecular complexity index is 912. The van der Waals surface area contributed by atoms with Crippen LogP contribution in [0.4, 0.5) is 0 Å². The SMILES string of the molecule is OCC1OC(OCC2OC(O)C(O)C(O)C2OC2OC(CO)C(OC3OC(CO)C(O)C(O)C3O)C(O)C2O)C(O)C(O)C1O. The van der Waals surface area contributed by atoms with Crippen molar-refractivity contribution in [1.29, 1.82) is 0 Å². The van der Waals surface area contributed by atoms with E-state index in [1.807, 2.05) is 0 Å². The lowest BCUT2D eigenvalue weighted by Crippen LogP contribution is -2.66.